The molecular weight excluding hydrogens is 230 g/mol. The minimum absolute atomic E-state index is 0.562. The van der Waals surface area contributed by atoms with Crippen molar-refractivity contribution in [3.63, 3.8) is 0 Å². The van der Waals surface area contributed by atoms with Gasteiger partial charge in [-0.05, 0) is 24.6 Å². The first-order chi connectivity index (χ1) is 8.03. The SMILES string of the molecule is CO[Si](C)(OC)N(CC(C)C)c1ccccc1. The largest absolute Gasteiger partial charge is 0.455 e. The Labute approximate surface area is 106 Å². The molecule has 0 aromatic heterocycles. The van der Waals surface area contributed by atoms with Gasteiger partial charge in [-0.2, -0.15) is 0 Å². The summed E-state index contributed by atoms with van der Waals surface area (Å²) in [6.45, 7) is 7.42. The van der Waals surface area contributed by atoms with E-state index < -0.39 is 8.72 Å². The molecule has 0 heterocycles. The molecule has 0 saturated heterocycles. The molecular formula is C13H23NO2Si. The lowest BCUT2D eigenvalue weighted by molar-refractivity contribution is 0.244. The third-order valence-corrected chi connectivity index (χ3v) is 5.80. The molecule has 0 spiro atoms. The molecule has 0 amide bonds. The molecule has 3 nitrogen and oxygen atoms in total. The van der Waals surface area contributed by atoms with Crippen LogP contribution in [0.5, 0.6) is 0 Å². The van der Waals surface area contributed by atoms with Crippen LogP contribution >= 0.6 is 0 Å². The highest BCUT2D eigenvalue weighted by molar-refractivity contribution is 6.70. The third kappa shape index (κ3) is 3.56. The van der Waals surface area contributed by atoms with Crippen molar-refractivity contribution in [1.29, 1.82) is 0 Å². The van der Waals surface area contributed by atoms with Crippen molar-refractivity contribution in [1.82, 2.24) is 0 Å². The smallest absolute Gasteiger partial charge is 0.382 e. The van der Waals surface area contributed by atoms with Crippen molar-refractivity contribution in [2.45, 2.75) is 20.4 Å². The van der Waals surface area contributed by atoms with E-state index in [1.165, 1.54) is 5.69 Å². The summed E-state index contributed by atoms with van der Waals surface area (Å²) in [4.78, 5) is 0. The van der Waals surface area contributed by atoms with E-state index in [1.807, 2.05) is 18.2 Å². The van der Waals surface area contributed by atoms with Crippen LogP contribution in [-0.2, 0) is 8.85 Å². The Morgan fingerprint density at radius 1 is 1.12 bits per heavy atom. The minimum atomic E-state index is -2.30. The van der Waals surface area contributed by atoms with E-state index in [4.69, 9.17) is 8.85 Å². The van der Waals surface area contributed by atoms with E-state index in [1.54, 1.807) is 14.2 Å². The maximum atomic E-state index is 5.65. The van der Waals surface area contributed by atoms with Crippen molar-refractivity contribution in [3.05, 3.63) is 30.3 Å². The zero-order valence-electron chi connectivity index (χ0n) is 11.4. The van der Waals surface area contributed by atoms with Crippen LogP contribution in [0.4, 0.5) is 5.69 Å². The molecule has 1 aromatic carbocycles. The molecule has 0 aliphatic carbocycles. The highest BCUT2D eigenvalue weighted by Gasteiger charge is 2.38. The number of hydrogen-bond donors (Lipinski definition) is 0. The maximum Gasteiger partial charge on any atom is 0.455 e. The van der Waals surface area contributed by atoms with Gasteiger partial charge in [0.2, 0.25) is 0 Å². The lowest BCUT2D eigenvalue weighted by atomic mass is 10.2. The summed E-state index contributed by atoms with van der Waals surface area (Å²) in [5.41, 5.74) is 1.17. The van der Waals surface area contributed by atoms with Crippen LogP contribution in [0.15, 0.2) is 30.3 Å². The van der Waals surface area contributed by atoms with Crippen LogP contribution in [-0.4, -0.2) is 29.5 Å². The van der Waals surface area contributed by atoms with Gasteiger partial charge in [-0.3, -0.25) is 0 Å². The Hall–Kier alpha value is -0.843. The van der Waals surface area contributed by atoms with Crippen LogP contribution in [0.2, 0.25) is 6.55 Å². The molecule has 0 fully saturated rings. The minimum Gasteiger partial charge on any atom is -0.382 e. The second kappa shape index (κ2) is 6.19. The highest BCUT2D eigenvalue weighted by atomic mass is 28.4. The first kappa shape index (κ1) is 14.2. The summed E-state index contributed by atoms with van der Waals surface area (Å²) in [5.74, 6) is 0.562. The molecule has 0 bridgehead atoms. The van der Waals surface area contributed by atoms with Crippen LogP contribution in [0.3, 0.4) is 0 Å². The molecule has 1 aromatic rings. The van der Waals surface area contributed by atoms with Gasteiger partial charge in [-0.15, -0.1) is 0 Å². The van der Waals surface area contributed by atoms with Gasteiger partial charge in [0.25, 0.3) is 0 Å². The fourth-order valence-electron chi connectivity index (χ4n) is 1.78. The Bertz CT molecular complexity index is 325. The van der Waals surface area contributed by atoms with Gasteiger partial charge in [0.05, 0.1) is 0 Å². The maximum absolute atomic E-state index is 5.65. The Morgan fingerprint density at radius 3 is 2.06 bits per heavy atom. The molecule has 0 aliphatic rings. The molecule has 0 atom stereocenters. The fourth-order valence-corrected chi connectivity index (χ4v) is 3.70. The van der Waals surface area contributed by atoms with E-state index in [0.717, 1.165) is 6.54 Å². The van der Waals surface area contributed by atoms with Crippen molar-refractivity contribution >= 4 is 14.4 Å². The Morgan fingerprint density at radius 2 is 1.65 bits per heavy atom. The summed E-state index contributed by atoms with van der Waals surface area (Å²) in [6.07, 6.45) is 0. The summed E-state index contributed by atoms with van der Waals surface area (Å²) < 4.78 is 13.6. The van der Waals surface area contributed by atoms with E-state index >= 15 is 0 Å². The van der Waals surface area contributed by atoms with Gasteiger partial charge in [0.15, 0.2) is 0 Å². The number of benzene rings is 1. The highest BCUT2D eigenvalue weighted by Crippen LogP contribution is 2.23. The van der Waals surface area contributed by atoms with Crippen molar-refractivity contribution in [2.24, 2.45) is 5.92 Å². The molecule has 96 valence electrons. The van der Waals surface area contributed by atoms with Gasteiger partial charge in [0.1, 0.15) is 0 Å². The average molecular weight is 253 g/mol. The van der Waals surface area contributed by atoms with Crippen molar-refractivity contribution in [2.75, 3.05) is 25.3 Å². The lowest BCUT2D eigenvalue weighted by Crippen LogP contribution is -2.56. The number of rotatable bonds is 6. The van der Waals surface area contributed by atoms with E-state index in [-0.39, 0.29) is 0 Å². The molecule has 0 aliphatic heterocycles. The van der Waals surface area contributed by atoms with Gasteiger partial charge in [-0.25, -0.2) is 0 Å². The average Bonchev–Trinajstić information content (AvgIpc) is 2.36. The first-order valence-electron chi connectivity index (χ1n) is 5.96. The molecule has 0 saturated carbocycles. The number of hydrogen-bond acceptors (Lipinski definition) is 3. The van der Waals surface area contributed by atoms with E-state index in [2.05, 4.69) is 37.1 Å². The third-order valence-electron chi connectivity index (χ3n) is 2.86. The molecule has 4 heteroatoms. The van der Waals surface area contributed by atoms with Gasteiger partial charge in [0, 0.05) is 26.5 Å². The summed E-state index contributed by atoms with van der Waals surface area (Å²) >= 11 is 0. The standard InChI is InChI=1S/C13H23NO2Si/c1-12(2)11-14(17(5,15-3)16-4)13-9-7-6-8-10-13/h6-10,12H,11H2,1-5H3. The van der Waals surface area contributed by atoms with Crippen molar-refractivity contribution in [3.8, 4) is 0 Å². The predicted molar refractivity (Wildman–Crippen MR) is 74.3 cm³/mol. The molecule has 0 N–H and O–H groups in total. The van der Waals surface area contributed by atoms with E-state index in [0.29, 0.717) is 5.92 Å². The topological polar surface area (TPSA) is 21.7 Å². The predicted octanol–water partition coefficient (Wildman–Crippen LogP) is 3.01. The first-order valence-corrected chi connectivity index (χ1v) is 8.23. The monoisotopic (exact) mass is 253 g/mol. The normalized spacial score (nSPS) is 11.9. The number of nitrogens with zero attached hydrogens (tertiary/aromatic N) is 1. The lowest BCUT2D eigenvalue weighted by Gasteiger charge is -2.38. The zero-order valence-corrected chi connectivity index (χ0v) is 12.4. The molecule has 1 rings (SSSR count). The van der Waals surface area contributed by atoms with Gasteiger partial charge < -0.3 is 13.4 Å². The van der Waals surface area contributed by atoms with Gasteiger partial charge in [-0.1, -0.05) is 32.0 Å². The Kier molecular flexibility index (Phi) is 5.18. The van der Waals surface area contributed by atoms with Crippen LogP contribution < -0.4 is 4.57 Å². The second-order valence-corrected chi connectivity index (χ2v) is 7.80. The summed E-state index contributed by atoms with van der Waals surface area (Å²) in [7, 11) is 1.16. The number of anilines is 1. The molecule has 0 radical (unpaired) electrons. The summed E-state index contributed by atoms with van der Waals surface area (Å²) in [6, 6.07) is 10.3. The summed E-state index contributed by atoms with van der Waals surface area (Å²) in [5, 5.41) is 0. The van der Waals surface area contributed by atoms with Crippen LogP contribution in [0, 0.1) is 5.92 Å². The Balaban J connectivity index is 3.03. The van der Waals surface area contributed by atoms with Crippen LogP contribution in [0.25, 0.3) is 0 Å². The van der Waals surface area contributed by atoms with E-state index in [9.17, 15) is 0 Å². The van der Waals surface area contributed by atoms with Crippen LogP contribution in [0.1, 0.15) is 13.8 Å². The van der Waals surface area contributed by atoms with Crippen molar-refractivity contribution < 1.29 is 8.85 Å². The quantitative estimate of drug-likeness (QED) is 0.727. The van der Waals surface area contributed by atoms with Gasteiger partial charge >= 0.3 is 8.72 Å². The second-order valence-electron chi connectivity index (χ2n) is 4.65. The molecule has 0 unspecified atom stereocenters. The molecule has 17 heavy (non-hydrogen) atoms. The zero-order chi connectivity index (χ0) is 12.9. The fraction of sp³-hybridized carbons (Fsp3) is 0.538. The number of para-hydroxylation sites is 1.